The molecule has 1 aliphatic rings. The zero-order chi connectivity index (χ0) is 11.8. The van der Waals surface area contributed by atoms with Crippen molar-refractivity contribution in [3.63, 3.8) is 0 Å². The van der Waals surface area contributed by atoms with Crippen LogP contribution in [-0.4, -0.2) is 14.5 Å². The van der Waals surface area contributed by atoms with Gasteiger partial charge in [0.1, 0.15) is 10.8 Å². The quantitative estimate of drug-likeness (QED) is 0.929. The number of imidazole rings is 1. The summed E-state index contributed by atoms with van der Waals surface area (Å²) in [4.78, 5) is 8.43. The molecule has 0 spiro atoms. The first-order valence-electron chi connectivity index (χ1n) is 5.35. The molecule has 2 aromatic heterocycles. The van der Waals surface area contributed by atoms with Crippen molar-refractivity contribution in [2.75, 3.05) is 5.73 Å². The van der Waals surface area contributed by atoms with E-state index in [9.17, 15) is 0 Å². The Labute approximate surface area is 108 Å². The maximum Gasteiger partial charge on any atom is 0.180 e. The van der Waals surface area contributed by atoms with Gasteiger partial charge in [0.15, 0.2) is 5.13 Å². The standard InChI is InChI=1S/C11H11ClN4S/c12-10-9(14-6-16(10)8-2-3-8)4-1-7-5-17-11(13)15-7/h1,4-6,8H,2-3H2,(H2,13,15)/b4-1+. The molecule has 0 amide bonds. The van der Waals surface area contributed by atoms with E-state index in [2.05, 4.69) is 9.97 Å². The summed E-state index contributed by atoms with van der Waals surface area (Å²) in [6.45, 7) is 0. The van der Waals surface area contributed by atoms with Crippen molar-refractivity contribution in [1.82, 2.24) is 14.5 Å². The summed E-state index contributed by atoms with van der Waals surface area (Å²) < 4.78 is 2.02. The SMILES string of the molecule is Nc1nc(/C=C/c2ncn(C3CC3)c2Cl)cs1. The van der Waals surface area contributed by atoms with Crippen LogP contribution in [0.25, 0.3) is 12.2 Å². The minimum Gasteiger partial charge on any atom is -0.375 e. The van der Waals surface area contributed by atoms with Crippen LogP contribution in [0.4, 0.5) is 5.13 Å². The lowest BCUT2D eigenvalue weighted by molar-refractivity contribution is 0.741. The number of nitrogens with two attached hydrogens (primary N) is 1. The van der Waals surface area contributed by atoms with Crippen LogP contribution in [-0.2, 0) is 0 Å². The molecular formula is C11H11ClN4S. The molecule has 2 aromatic rings. The fraction of sp³-hybridized carbons (Fsp3) is 0.273. The largest absolute Gasteiger partial charge is 0.375 e. The van der Waals surface area contributed by atoms with Crippen LogP contribution >= 0.6 is 22.9 Å². The van der Waals surface area contributed by atoms with Gasteiger partial charge in [-0.15, -0.1) is 11.3 Å². The third kappa shape index (κ3) is 2.21. The van der Waals surface area contributed by atoms with E-state index in [4.69, 9.17) is 17.3 Å². The Kier molecular flexibility index (Phi) is 2.64. The molecule has 0 atom stereocenters. The Morgan fingerprint density at radius 2 is 2.29 bits per heavy atom. The molecule has 1 aliphatic carbocycles. The van der Waals surface area contributed by atoms with Gasteiger partial charge in [-0.2, -0.15) is 0 Å². The highest BCUT2D eigenvalue weighted by Gasteiger charge is 2.25. The van der Waals surface area contributed by atoms with Crippen molar-refractivity contribution >= 4 is 40.2 Å². The topological polar surface area (TPSA) is 56.7 Å². The zero-order valence-electron chi connectivity index (χ0n) is 9.01. The number of nitrogens with zero attached hydrogens (tertiary/aromatic N) is 3. The van der Waals surface area contributed by atoms with E-state index in [1.54, 1.807) is 6.33 Å². The molecule has 88 valence electrons. The number of halogens is 1. The highest BCUT2D eigenvalue weighted by atomic mass is 35.5. The fourth-order valence-corrected chi connectivity index (χ4v) is 2.45. The first-order chi connectivity index (χ1) is 8.24. The lowest BCUT2D eigenvalue weighted by atomic mass is 10.3. The average Bonchev–Trinajstić information content (AvgIpc) is 2.97. The van der Waals surface area contributed by atoms with Gasteiger partial charge < -0.3 is 10.3 Å². The molecule has 1 fully saturated rings. The molecule has 4 nitrogen and oxygen atoms in total. The number of hydrogen-bond donors (Lipinski definition) is 1. The van der Waals surface area contributed by atoms with Crippen molar-refractivity contribution in [2.24, 2.45) is 0 Å². The summed E-state index contributed by atoms with van der Waals surface area (Å²) in [5.41, 5.74) is 7.18. The number of aromatic nitrogens is 3. The molecule has 17 heavy (non-hydrogen) atoms. The predicted octanol–water partition coefficient (Wildman–Crippen LogP) is 3.08. The van der Waals surface area contributed by atoms with Crippen molar-refractivity contribution in [3.8, 4) is 0 Å². The van der Waals surface area contributed by atoms with Gasteiger partial charge in [-0.05, 0) is 25.0 Å². The van der Waals surface area contributed by atoms with Gasteiger partial charge >= 0.3 is 0 Å². The smallest absolute Gasteiger partial charge is 0.180 e. The molecular weight excluding hydrogens is 256 g/mol. The summed E-state index contributed by atoms with van der Waals surface area (Å²) in [6.07, 6.45) is 7.94. The van der Waals surface area contributed by atoms with Crippen molar-refractivity contribution in [2.45, 2.75) is 18.9 Å². The molecule has 0 radical (unpaired) electrons. The monoisotopic (exact) mass is 266 g/mol. The molecule has 0 aromatic carbocycles. The highest BCUT2D eigenvalue weighted by molar-refractivity contribution is 7.13. The summed E-state index contributed by atoms with van der Waals surface area (Å²) in [6, 6.07) is 0.548. The number of nitrogen functional groups attached to an aromatic ring is 1. The lowest BCUT2D eigenvalue weighted by Gasteiger charge is -1.98. The second-order valence-electron chi connectivity index (χ2n) is 4.00. The molecule has 2 N–H and O–H groups in total. The first-order valence-corrected chi connectivity index (χ1v) is 6.61. The van der Waals surface area contributed by atoms with Crippen LogP contribution in [0.15, 0.2) is 11.7 Å². The van der Waals surface area contributed by atoms with E-state index in [1.807, 2.05) is 22.1 Å². The van der Waals surface area contributed by atoms with Crippen LogP contribution in [0.2, 0.25) is 5.15 Å². The average molecular weight is 267 g/mol. The Balaban J connectivity index is 1.82. The van der Waals surface area contributed by atoms with Crippen molar-refractivity contribution < 1.29 is 0 Å². The number of hydrogen-bond acceptors (Lipinski definition) is 4. The van der Waals surface area contributed by atoms with Gasteiger partial charge in [0.05, 0.1) is 12.0 Å². The minimum atomic E-state index is 0.548. The van der Waals surface area contributed by atoms with Crippen molar-refractivity contribution in [3.05, 3.63) is 28.2 Å². The molecule has 0 unspecified atom stereocenters. The normalized spacial score (nSPS) is 15.8. The summed E-state index contributed by atoms with van der Waals surface area (Å²) in [5, 5.41) is 3.17. The van der Waals surface area contributed by atoms with E-state index in [-0.39, 0.29) is 0 Å². The number of anilines is 1. The van der Waals surface area contributed by atoms with Crippen LogP contribution in [0.5, 0.6) is 0 Å². The summed E-state index contributed by atoms with van der Waals surface area (Å²) in [7, 11) is 0. The summed E-state index contributed by atoms with van der Waals surface area (Å²) >= 11 is 7.66. The molecule has 0 saturated heterocycles. The van der Waals surface area contributed by atoms with E-state index in [0.29, 0.717) is 16.3 Å². The lowest BCUT2D eigenvalue weighted by Crippen LogP contribution is -1.90. The van der Waals surface area contributed by atoms with E-state index < -0.39 is 0 Å². The van der Waals surface area contributed by atoms with Crippen LogP contribution < -0.4 is 5.73 Å². The third-order valence-corrected chi connectivity index (χ3v) is 3.73. The second-order valence-corrected chi connectivity index (χ2v) is 5.25. The fourth-order valence-electron chi connectivity index (χ4n) is 1.62. The Morgan fingerprint density at radius 3 is 2.94 bits per heavy atom. The molecule has 0 aliphatic heterocycles. The number of rotatable bonds is 3. The molecule has 3 rings (SSSR count). The van der Waals surface area contributed by atoms with Crippen LogP contribution in [0.3, 0.4) is 0 Å². The summed E-state index contributed by atoms with van der Waals surface area (Å²) in [5.74, 6) is 0. The second kappa shape index (κ2) is 4.16. The van der Waals surface area contributed by atoms with E-state index >= 15 is 0 Å². The Bertz CT molecular complexity index is 568. The van der Waals surface area contributed by atoms with Gasteiger partial charge in [0.25, 0.3) is 0 Å². The highest BCUT2D eigenvalue weighted by Crippen LogP contribution is 2.38. The maximum absolute atomic E-state index is 6.24. The van der Waals surface area contributed by atoms with Gasteiger partial charge in [0.2, 0.25) is 0 Å². The Morgan fingerprint density at radius 1 is 1.47 bits per heavy atom. The van der Waals surface area contributed by atoms with Crippen molar-refractivity contribution in [1.29, 1.82) is 0 Å². The van der Waals surface area contributed by atoms with E-state index in [0.717, 1.165) is 11.4 Å². The zero-order valence-corrected chi connectivity index (χ0v) is 10.6. The van der Waals surface area contributed by atoms with Gasteiger partial charge in [0, 0.05) is 11.4 Å². The number of thiazole rings is 1. The predicted molar refractivity (Wildman–Crippen MR) is 71.0 cm³/mol. The molecule has 2 heterocycles. The van der Waals surface area contributed by atoms with Crippen LogP contribution in [0, 0.1) is 0 Å². The van der Waals surface area contributed by atoms with Crippen LogP contribution in [0.1, 0.15) is 30.3 Å². The van der Waals surface area contributed by atoms with E-state index in [1.165, 1.54) is 24.2 Å². The molecule has 0 bridgehead atoms. The maximum atomic E-state index is 6.24. The Hall–Kier alpha value is -1.33. The van der Waals surface area contributed by atoms with Gasteiger partial charge in [-0.25, -0.2) is 9.97 Å². The molecule has 6 heteroatoms. The minimum absolute atomic E-state index is 0.548. The van der Waals surface area contributed by atoms with Gasteiger partial charge in [-0.1, -0.05) is 11.6 Å². The molecule has 1 saturated carbocycles. The third-order valence-electron chi connectivity index (χ3n) is 2.65. The van der Waals surface area contributed by atoms with Gasteiger partial charge in [-0.3, -0.25) is 0 Å². The first kappa shape index (κ1) is 10.8.